The van der Waals surface area contributed by atoms with Crippen molar-refractivity contribution in [3.63, 3.8) is 0 Å². The second-order valence-electron chi connectivity index (χ2n) is 4.75. The van der Waals surface area contributed by atoms with Crippen LogP contribution >= 0.6 is 11.6 Å². The third-order valence-corrected chi connectivity index (χ3v) is 3.38. The molecular weight excluding hydrogens is 294 g/mol. The normalized spacial score (nSPS) is 13.5. The SMILES string of the molecule is COc1cccc(Cl)c1C(=O)NCC(C)(O)c1ccco1. The van der Waals surface area contributed by atoms with Gasteiger partial charge in [0.1, 0.15) is 17.1 Å². The number of hydrogen-bond acceptors (Lipinski definition) is 4. The van der Waals surface area contributed by atoms with Crippen LogP contribution in [0.4, 0.5) is 0 Å². The highest BCUT2D eigenvalue weighted by atomic mass is 35.5. The van der Waals surface area contributed by atoms with Gasteiger partial charge in [0.05, 0.1) is 30.5 Å². The molecule has 112 valence electrons. The van der Waals surface area contributed by atoms with Crippen LogP contribution in [-0.4, -0.2) is 24.7 Å². The van der Waals surface area contributed by atoms with E-state index in [9.17, 15) is 9.90 Å². The fourth-order valence-electron chi connectivity index (χ4n) is 1.91. The van der Waals surface area contributed by atoms with Crippen molar-refractivity contribution in [2.24, 2.45) is 0 Å². The quantitative estimate of drug-likeness (QED) is 0.890. The van der Waals surface area contributed by atoms with Gasteiger partial charge in [0.2, 0.25) is 0 Å². The van der Waals surface area contributed by atoms with Crippen LogP contribution in [0.3, 0.4) is 0 Å². The number of nitrogens with one attached hydrogen (secondary N) is 1. The molecular formula is C15H16ClNO4. The van der Waals surface area contributed by atoms with E-state index < -0.39 is 11.5 Å². The minimum absolute atomic E-state index is 0.0201. The first kappa shape index (κ1) is 15.4. The standard InChI is InChI=1S/C15H16ClNO4/c1-15(19,12-7-4-8-21-12)9-17-14(18)13-10(16)5-3-6-11(13)20-2/h3-8,19H,9H2,1-2H3,(H,17,18). The van der Waals surface area contributed by atoms with E-state index in [1.54, 1.807) is 37.3 Å². The van der Waals surface area contributed by atoms with Gasteiger partial charge in [-0.15, -0.1) is 0 Å². The van der Waals surface area contributed by atoms with Gasteiger partial charge in [-0.3, -0.25) is 4.79 Å². The van der Waals surface area contributed by atoms with Crippen LogP contribution in [0, 0.1) is 0 Å². The Kier molecular flexibility index (Phi) is 4.55. The third kappa shape index (κ3) is 3.37. The summed E-state index contributed by atoms with van der Waals surface area (Å²) in [6.45, 7) is 1.53. The highest BCUT2D eigenvalue weighted by Crippen LogP contribution is 2.26. The van der Waals surface area contributed by atoms with Crippen LogP contribution in [0.15, 0.2) is 41.0 Å². The summed E-state index contributed by atoms with van der Waals surface area (Å²) in [7, 11) is 1.46. The van der Waals surface area contributed by atoms with Crippen LogP contribution in [0.5, 0.6) is 5.75 Å². The number of furan rings is 1. The molecule has 1 aromatic heterocycles. The maximum atomic E-state index is 12.2. The number of halogens is 1. The molecule has 2 rings (SSSR count). The number of methoxy groups -OCH3 is 1. The van der Waals surface area contributed by atoms with E-state index in [-0.39, 0.29) is 17.1 Å². The first-order valence-corrected chi connectivity index (χ1v) is 6.70. The summed E-state index contributed by atoms with van der Waals surface area (Å²) < 4.78 is 10.3. The van der Waals surface area contributed by atoms with Crippen LogP contribution in [0.25, 0.3) is 0 Å². The Morgan fingerprint density at radius 2 is 2.19 bits per heavy atom. The number of carbonyl (C=O) groups is 1. The number of hydrogen-bond donors (Lipinski definition) is 2. The molecule has 0 radical (unpaired) electrons. The van der Waals surface area contributed by atoms with E-state index in [0.29, 0.717) is 11.5 Å². The number of benzene rings is 1. The summed E-state index contributed by atoms with van der Waals surface area (Å²) in [6.07, 6.45) is 1.46. The van der Waals surface area contributed by atoms with E-state index in [1.165, 1.54) is 13.4 Å². The number of ether oxygens (including phenoxy) is 1. The molecule has 1 unspecified atom stereocenters. The fraction of sp³-hybridized carbons (Fsp3) is 0.267. The molecule has 6 heteroatoms. The van der Waals surface area contributed by atoms with Gasteiger partial charge in [0, 0.05) is 0 Å². The van der Waals surface area contributed by atoms with Crippen molar-refractivity contribution in [3.8, 4) is 5.75 Å². The molecule has 0 aliphatic carbocycles. The fourth-order valence-corrected chi connectivity index (χ4v) is 2.16. The van der Waals surface area contributed by atoms with Gasteiger partial charge in [-0.2, -0.15) is 0 Å². The zero-order valence-corrected chi connectivity index (χ0v) is 12.5. The molecule has 0 spiro atoms. The van der Waals surface area contributed by atoms with Crippen molar-refractivity contribution in [2.45, 2.75) is 12.5 Å². The molecule has 0 saturated heterocycles. The Morgan fingerprint density at radius 3 is 2.81 bits per heavy atom. The lowest BCUT2D eigenvalue weighted by molar-refractivity contribution is 0.0330. The van der Waals surface area contributed by atoms with Crippen molar-refractivity contribution < 1.29 is 19.1 Å². The van der Waals surface area contributed by atoms with Gasteiger partial charge in [-0.05, 0) is 31.2 Å². The van der Waals surface area contributed by atoms with Gasteiger partial charge in [-0.1, -0.05) is 17.7 Å². The number of rotatable bonds is 5. The summed E-state index contributed by atoms with van der Waals surface area (Å²) >= 11 is 6.03. The highest BCUT2D eigenvalue weighted by molar-refractivity contribution is 6.34. The van der Waals surface area contributed by atoms with E-state index in [2.05, 4.69) is 5.32 Å². The maximum absolute atomic E-state index is 12.2. The van der Waals surface area contributed by atoms with Gasteiger partial charge < -0.3 is 19.6 Å². The van der Waals surface area contributed by atoms with Crippen molar-refractivity contribution >= 4 is 17.5 Å². The lowest BCUT2D eigenvalue weighted by Crippen LogP contribution is -2.38. The van der Waals surface area contributed by atoms with Gasteiger partial charge in [0.25, 0.3) is 5.91 Å². The second kappa shape index (κ2) is 6.20. The van der Waals surface area contributed by atoms with Crippen LogP contribution in [0.1, 0.15) is 23.0 Å². The molecule has 0 aliphatic heterocycles. The van der Waals surface area contributed by atoms with E-state index in [1.807, 2.05) is 0 Å². The summed E-state index contributed by atoms with van der Waals surface area (Å²) in [5.74, 6) is 0.316. The second-order valence-corrected chi connectivity index (χ2v) is 5.16. The average molecular weight is 310 g/mol. The molecule has 0 saturated carbocycles. The molecule has 5 nitrogen and oxygen atoms in total. The number of carbonyl (C=O) groups excluding carboxylic acids is 1. The summed E-state index contributed by atoms with van der Waals surface area (Å²) in [5, 5.41) is 13.2. The molecule has 0 aliphatic rings. The maximum Gasteiger partial charge on any atom is 0.256 e. The molecule has 21 heavy (non-hydrogen) atoms. The number of aliphatic hydroxyl groups is 1. The summed E-state index contributed by atoms with van der Waals surface area (Å²) in [5.41, 5.74) is -1.08. The minimum Gasteiger partial charge on any atom is -0.496 e. The predicted molar refractivity (Wildman–Crippen MR) is 78.6 cm³/mol. The lowest BCUT2D eigenvalue weighted by Gasteiger charge is -2.21. The van der Waals surface area contributed by atoms with Gasteiger partial charge in [-0.25, -0.2) is 0 Å². The van der Waals surface area contributed by atoms with Gasteiger partial charge >= 0.3 is 0 Å². The lowest BCUT2D eigenvalue weighted by atomic mass is 10.0. The molecule has 0 bridgehead atoms. The van der Waals surface area contributed by atoms with E-state index in [0.717, 1.165) is 0 Å². The summed E-state index contributed by atoms with van der Waals surface area (Å²) in [6, 6.07) is 8.25. The van der Waals surface area contributed by atoms with Gasteiger partial charge in [0.15, 0.2) is 0 Å². The van der Waals surface area contributed by atoms with Crippen LogP contribution in [-0.2, 0) is 5.60 Å². The number of amides is 1. The Bertz CT molecular complexity index is 623. The van der Waals surface area contributed by atoms with Crippen LogP contribution < -0.4 is 10.1 Å². The Labute approximate surface area is 127 Å². The smallest absolute Gasteiger partial charge is 0.256 e. The molecule has 1 heterocycles. The van der Waals surface area contributed by atoms with Crippen molar-refractivity contribution in [1.82, 2.24) is 5.32 Å². The monoisotopic (exact) mass is 309 g/mol. The molecule has 0 fully saturated rings. The minimum atomic E-state index is -1.31. The van der Waals surface area contributed by atoms with Crippen molar-refractivity contribution in [3.05, 3.63) is 52.9 Å². The topological polar surface area (TPSA) is 71.7 Å². The molecule has 1 atom stereocenters. The third-order valence-electron chi connectivity index (χ3n) is 3.07. The average Bonchev–Trinajstić information content (AvgIpc) is 2.99. The summed E-state index contributed by atoms with van der Waals surface area (Å²) in [4.78, 5) is 12.2. The predicted octanol–water partition coefficient (Wildman–Crippen LogP) is 2.58. The Morgan fingerprint density at radius 1 is 1.43 bits per heavy atom. The van der Waals surface area contributed by atoms with Crippen molar-refractivity contribution in [1.29, 1.82) is 0 Å². The Hall–Kier alpha value is -1.98. The highest BCUT2D eigenvalue weighted by Gasteiger charge is 2.28. The van der Waals surface area contributed by atoms with Crippen molar-refractivity contribution in [2.75, 3.05) is 13.7 Å². The molecule has 1 aromatic carbocycles. The van der Waals surface area contributed by atoms with Crippen LogP contribution in [0.2, 0.25) is 5.02 Å². The zero-order valence-electron chi connectivity index (χ0n) is 11.7. The zero-order chi connectivity index (χ0) is 15.5. The van der Waals surface area contributed by atoms with E-state index in [4.69, 9.17) is 20.8 Å². The first-order valence-electron chi connectivity index (χ1n) is 6.33. The van der Waals surface area contributed by atoms with E-state index >= 15 is 0 Å². The molecule has 1 amide bonds. The first-order chi connectivity index (χ1) is 9.95. The molecule has 2 N–H and O–H groups in total. The Balaban J connectivity index is 2.13. The largest absolute Gasteiger partial charge is 0.496 e. The molecule has 2 aromatic rings.